The minimum atomic E-state index is -1.35. The van der Waals surface area contributed by atoms with E-state index in [4.69, 9.17) is 10.5 Å². The van der Waals surface area contributed by atoms with Gasteiger partial charge in [-0.2, -0.15) is 0 Å². The predicted molar refractivity (Wildman–Crippen MR) is 60.1 cm³/mol. The van der Waals surface area contributed by atoms with Gasteiger partial charge in [0.25, 0.3) is 5.91 Å². The van der Waals surface area contributed by atoms with Gasteiger partial charge in [0.05, 0.1) is 19.3 Å². The molecule has 0 fully saturated rings. The molecule has 0 aromatic carbocycles. The monoisotopic (exact) mass is 248 g/mol. The van der Waals surface area contributed by atoms with Gasteiger partial charge in [-0.05, 0) is 6.92 Å². The molecule has 100 valence electrons. The van der Waals surface area contributed by atoms with E-state index in [9.17, 15) is 14.7 Å². The summed E-state index contributed by atoms with van der Waals surface area (Å²) >= 11 is 0. The smallest absolute Gasteiger partial charge is 0.332 e. The minimum absolute atomic E-state index is 0.0414. The summed E-state index contributed by atoms with van der Waals surface area (Å²) in [5.41, 5.74) is 5.42. The van der Waals surface area contributed by atoms with E-state index < -0.39 is 24.0 Å². The molecule has 0 aliphatic rings. The number of nitrogens with zero attached hydrogens (tertiary/aromatic N) is 1. The number of aliphatic hydroxyl groups is 1. The Balaban J connectivity index is 4.24. The van der Waals surface area contributed by atoms with Crippen LogP contribution in [0.4, 0.5) is 0 Å². The molecule has 0 aromatic heterocycles. The lowest BCUT2D eigenvalue weighted by atomic mass is 10.2. The predicted octanol–water partition coefficient (Wildman–Crippen LogP) is -1.66. The van der Waals surface area contributed by atoms with Gasteiger partial charge in [0.2, 0.25) is 0 Å². The number of carbonyl (C=O) groups is 2. The van der Waals surface area contributed by atoms with Crippen LogP contribution in [-0.4, -0.2) is 67.9 Å². The van der Waals surface area contributed by atoms with Gasteiger partial charge in [0.1, 0.15) is 0 Å². The summed E-state index contributed by atoms with van der Waals surface area (Å²) < 4.78 is 9.35. The topological polar surface area (TPSA) is 102 Å². The molecule has 0 saturated heterocycles. The van der Waals surface area contributed by atoms with Gasteiger partial charge in [-0.15, -0.1) is 0 Å². The van der Waals surface area contributed by atoms with Crippen molar-refractivity contribution in [3.63, 3.8) is 0 Å². The molecule has 17 heavy (non-hydrogen) atoms. The molecular weight excluding hydrogens is 228 g/mol. The molecule has 0 rings (SSSR count). The van der Waals surface area contributed by atoms with Gasteiger partial charge in [-0.3, -0.25) is 4.79 Å². The van der Waals surface area contributed by atoms with Crippen LogP contribution in [0.5, 0.6) is 0 Å². The zero-order valence-electron chi connectivity index (χ0n) is 10.4. The van der Waals surface area contributed by atoms with E-state index >= 15 is 0 Å². The summed E-state index contributed by atoms with van der Waals surface area (Å²) in [5, 5.41) is 9.42. The number of rotatable bonds is 7. The number of aliphatic hydroxyl groups excluding tert-OH is 1. The Morgan fingerprint density at radius 3 is 2.53 bits per heavy atom. The van der Waals surface area contributed by atoms with Crippen molar-refractivity contribution in [3.05, 3.63) is 0 Å². The molecule has 0 aliphatic heterocycles. The third kappa shape index (κ3) is 5.62. The number of hydrogen-bond acceptors (Lipinski definition) is 6. The Kier molecular flexibility index (Phi) is 7.44. The number of likely N-dealkylation sites (N-methyl/N-ethyl adjacent to an activating group) is 1. The molecule has 0 aliphatic carbocycles. The van der Waals surface area contributed by atoms with Crippen molar-refractivity contribution in [2.75, 3.05) is 33.9 Å². The zero-order valence-corrected chi connectivity index (χ0v) is 10.4. The van der Waals surface area contributed by atoms with Gasteiger partial charge in [0, 0.05) is 20.7 Å². The molecule has 0 radical (unpaired) electrons. The van der Waals surface area contributed by atoms with Crippen LogP contribution >= 0.6 is 0 Å². The quantitative estimate of drug-likeness (QED) is 0.413. The number of methoxy groups -OCH3 is 1. The van der Waals surface area contributed by atoms with Crippen molar-refractivity contribution in [1.29, 1.82) is 0 Å². The highest BCUT2D eigenvalue weighted by Crippen LogP contribution is 1.96. The number of esters is 1. The lowest BCUT2D eigenvalue weighted by molar-refractivity contribution is -0.151. The maximum atomic E-state index is 11.6. The summed E-state index contributed by atoms with van der Waals surface area (Å²) in [7, 11) is 2.88. The maximum Gasteiger partial charge on any atom is 0.332 e. The van der Waals surface area contributed by atoms with Crippen LogP contribution in [0.15, 0.2) is 0 Å². The van der Waals surface area contributed by atoms with Gasteiger partial charge in [0.15, 0.2) is 6.04 Å². The Labute approximate surface area is 100 Å². The molecule has 2 atom stereocenters. The molecule has 7 nitrogen and oxygen atoms in total. The lowest BCUT2D eigenvalue weighted by Gasteiger charge is -2.22. The van der Waals surface area contributed by atoms with E-state index in [-0.39, 0.29) is 19.8 Å². The van der Waals surface area contributed by atoms with E-state index in [0.29, 0.717) is 0 Å². The molecule has 2 unspecified atom stereocenters. The fraction of sp³-hybridized carbons (Fsp3) is 0.800. The summed E-state index contributed by atoms with van der Waals surface area (Å²) in [6, 6.07) is -1.35. The van der Waals surface area contributed by atoms with Crippen LogP contribution in [0.1, 0.15) is 6.92 Å². The summed E-state index contributed by atoms with van der Waals surface area (Å²) in [6.07, 6.45) is -0.816. The third-order valence-electron chi connectivity index (χ3n) is 2.03. The molecule has 7 heteroatoms. The van der Waals surface area contributed by atoms with Crippen LogP contribution in [0.25, 0.3) is 0 Å². The average molecular weight is 248 g/mol. The fourth-order valence-electron chi connectivity index (χ4n) is 1.22. The summed E-state index contributed by atoms with van der Waals surface area (Å²) in [4.78, 5) is 24.0. The van der Waals surface area contributed by atoms with Crippen LogP contribution in [0, 0.1) is 0 Å². The molecule has 0 heterocycles. The normalized spacial score (nSPS) is 13.9. The van der Waals surface area contributed by atoms with Crippen molar-refractivity contribution >= 4 is 11.9 Å². The number of nitrogens with two attached hydrogens (primary N) is 1. The number of amides is 1. The third-order valence-corrected chi connectivity index (χ3v) is 2.03. The number of carbonyl (C=O) groups excluding carboxylic acids is 2. The standard InChI is InChI=1S/C10H20N2O5/c1-4-17-10(15)8(11)9(14)12(2)5-7(13)6-16-3/h7-8,13H,4-6,11H2,1-3H3. The highest BCUT2D eigenvalue weighted by Gasteiger charge is 2.27. The second-order valence-corrected chi connectivity index (χ2v) is 3.56. The lowest BCUT2D eigenvalue weighted by Crippen LogP contribution is -2.49. The molecule has 1 amide bonds. The molecule has 0 spiro atoms. The second kappa shape index (κ2) is 7.99. The van der Waals surface area contributed by atoms with Crippen LogP contribution < -0.4 is 5.73 Å². The first-order chi connectivity index (χ1) is 7.93. The van der Waals surface area contributed by atoms with Crippen LogP contribution in [-0.2, 0) is 19.1 Å². The van der Waals surface area contributed by atoms with Crippen LogP contribution in [0.3, 0.4) is 0 Å². The van der Waals surface area contributed by atoms with E-state index in [2.05, 4.69) is 4.74 Å². The largest absolute Gasteiger partial charge is 0.464 e. The van der Waals surface area contributed by atoms with Crippen molar-refractivity contribution in [2.45, 2.75) is 19.1 Å². The van der Waals surface area contributed by atoms with Crippen molar-refractivity contribution in [2.24, 2.45) is 5.73 Å². The Morgan fingerprint density at radius 1 is 1.47 bits per heavy atom. The fourth-order valence-corrected chi connectivity index (χ4v) is 1.22. The Hall–Kier alpha value is -1.18. The molecule has 0 saturated carbocycles. The highest BCUT2D eigenvalue weighted by molar-refractivity contribution is 6.01. The van der Waals surface area contributed by atoms with Crippen molar-refractivity contribution in [1.82, 2.24) is 4.90 Å². The average Bonchev–Trinajstić information content (AvgIpc) is 2.27. The highest BCUT2D eigenvalue weighted by atomic mass is 16.5. The van der Waals surface area contributed by atoms with Gasteiger partial charge < -0.3 is 25.2 Å². The number of hydrogen-bond donors (Lipinski definition) is 2. The minimum Gasteiger partial charge on any atom is -0.464 e. The zero-order chi connectivity index (χ0) is 13.4. The van der Waals surface area contributed by atoms with Crippen LogP contribution in [0.2, 0.25) is 0 Å². The maximum absolute atomic E-state index is 11.6. The second-order valence-electron chi connectivity index (χ2n) is 3.56. The van der Waals surface area contributed by atoms with Gasteiger partial charge in [-0.25, -0.2) is 4.79 Å². The molecule has 3 N–H and O–H groups in total. The molecular formula is C10H20N2O5. The first kappa shape index (κ1) is 15.8. The first-order valence-electron chi connectivity index (χ1n) is 5.28. The van der Waals surface area contributed by atoms with E-state index in [1.807, 2.05) is 0 Å². The van der Waals surface area contributed by atoms with E-state index in [0.717, 1.165) is 0 Å². The van der Waals surface area contributed by atoms with E-state index in [1.165, 1.54) is 19.1 Å². The molecule has 0 aromatic rings. The van der Waals surface area contributed by atoms with Crippen molar-refractivity contribution in [3.8, 4) is 0 Å². The first-order valence-corrected chi connectivity index (χ1v) is 5.28. The SMILES string of the molecule is CCOC(=O)C(N)C(=O)N(C)CC(O)COC. The van der Waals surface area contributed by atoms with E-state index in [1.54, 1.807) is 6.92 Å². The Morgan fingerprint density at radius 2 is 2.06 bits per heavy atom. The molecule has 0 bridgehead atoms. The Bertz CT molecular complexity index is 259. The summed E-state index contributed by atoms with van der Waals surface area (Å²) in [5.74, 6) is -1.37. The van der Waals surface area contributed by atoms with Gasteiger partial charge in [-0.1, -0.05) is 0 Å². The number of ether oxygens (including phenoxy) is 2. The van der Waals surface area contributed by atoms with Gasteiger partial charge >= 0.3 is 5.97 Å². The summed E-state index contributed by atoms with van der Waals surface area (Å²) in [6.45, 7) is 1.93. The van der Waals surface area contributed by atoms with Crippen molar-refractivity contribution < 1.29 is 24.2 Å².